The van der Waals surface area contributed by atoms with Crippen molar-refractivity contribution in [1.82, 2.24) is 0 Å². The van der Waals surface area contributed by atoms with Crippen molar-refractivity contribution in [1.29, 1.82) is 0 Å². The van der Waals surface area contributed by atoms with Gasteiger partial charge in [-0.05, 0) is 0 Å². The molecule has 0 spiro atoms. The second kappa shape index (κ2) is 9.73. The van der Waals surface area contributed by atoms with Crippen LogP contribution in [0.3, 0.4) is 0 Å². The number of rotatable bonds is 5. The third-order valence-electron chi connectivity index (χ3n) is 5.75. The molecule has 3 heterocycles. The van der Waals surface area contributed by atoms with Crippen molar-refractivity contribution in [3.05, 3.63) is 35.9 Å². The van der Waals surface area contributed by atoms with E-state index in [9.17, 15) is 25.5 Å². The predicted molar refractivity (Wildman–Crippen MR) is 100 cm³/mol. The number of hydrogen-bond acceptors (Lipinski definition) is 11. The molecule has 0 bridgehead atoms. The Kier molecular flexibility index (Phi) is 7.20. The minimum atomic E-state index is -1.63. The molecule has 31 heavy (non-hydrogen) atoms. The third-order valence-corrected chi connectivity index (χ3v) is 5.75. The van der Waals surface area contributed by atoms with Crippen molar-refractivity contribution in [2.45, 2.75) is 67.7 Å². The van der Waals surface area contributed by atoms with Gasteiger partial charge in [0.1, 0.15) is 48.8 Å². The summed E-state index contributed by atoms with van der Waals surface area (Å²) < 4.78 is 34.0. The van der Waals surface area contributed by atoms with E-state index in [0.717, 1.165) is 5.56 Å². The quantitative estimate of drug-likeness (QED) is 0.343. The van der Waals surface area contributed by atoms with Gasteiger partial charge in [-0.3, -0.25) is 0 Å². The Bertz CT molecular complexity index is 704. The van der Waals surface area contributed by atoms with Gasteiger partial charge in [-0.15, -0.1) is 0 Å². The molecular weight excluding hydrogens is 416 g/mol. The molecule has 0 saturated carbocycles. The molecule has 1 aromatic rings. The summed E-state index contributed by atoms with van der Waals surface area (Å²) in [7, 11) is 1.36. The molecule has 5 N–H and O–H groups in total. The van der Waals surface area contributed by atoms with Crippen molar-refractivity contribution >= 4 is 0 Å². The second-order valence-electron chi connectivity index (χ2n) is 7.74. The average molecular weight is 444 g/mol. The molecule has 11 nitrogen and oxygen atoms in total. The van der Waals surface area contributed by atoms with Gasteiger partial charge in [-0.2, -0.15) is 0 Å². The maximum Gasteiger partial charge on any atom is 0.187 e. The third kappa shape index (κ3) is 4.49. The number of benzene rings is 1. The largest absolute Gasteiger partial charge is 0.394 e. The van der Waals surface area contributed by atoms with Crippen LogP contribution in [0, 0.1) is 0 Å². The average Bonchev–Trinajstić information content (AvgIpc) is 2.80. The molecule has 0 unspecified atom stereocenters. The Morgan fingerprint density at radius 2 is 1.65 bits per heavy atom. The zero-order chi connectivity index (χ0) is 22.1. The van der Waals surface area contributed by atoms with Crippen LogP contribution in [0.15, 0.2) is 30.3 Å². The first-order chi connectivity index (χ1) is 14.9. The van der Waals surface area contributed by atoms with E-state index in [1.165, 1.54) is 7.11 Å². The monoisotopic (exact) mass is 444 g/mol. The first-order valence-electron chi connectivity index (χ1n) is 10.1. The Morgan fingerprint density at radius 1 is 0.903 bits per heavy atom. The minimum Gasteiger partial charge on any atom is -0.394 e. The van der Waals surface area contributed by atoms with Crippen molar-refractivity contribution in [2.24, 2.45) is 0 Å². The SMILES string of the molecule is CO[C@H]1O[C@@H]2CO[C@@H](c3ccccc3)O[C@H]2[C@H](O[C@@H]2O[C@H](CO)[C@@H](O)[C@H](O)[C@H]2O)[C@H]1O. The molecule has 3 saturated heterocycles. The lowest BCUT2D eigenvalue weighted by molar-refractivity contribution is -0.390. The summed E-state index contributed by atoms with van der Waals surface area (Å²) in [6.07, 6.45) is -13.1. The number of aliphatic hydroxyl groups is 5. The smallest absolute Gasteiger partial charge is 0.187 e. The van der Waals surface area contributed by atoms with E-state index < -0.39 is 74.3 Å². The molecule has 0 amide bonds. The molecule has 0 aliphatic carbocycles. The topological polar surface area (TPSA) is 157 Å². The van der Waals surface area contributed by atoms with E-state index in [2.05, 4.69) is 0 Å². The standard InChI is InChI=1S/C20H28O11/c1-26-19-15(25)17(31-20-14(24)13(23)12(22)10(7-21)28-20)16-11(29-19)8-27-18(30-16)9-5-3-2-4-6-9/h2-6,10-25H,7-8H2,1H3/t10-,11-,12-,13+,14-,15-,16-,17-,18-,19+,20+/m1/s1. The molecule has 4 rings (SSSR count). The second-order valence-corrected chi connectivity index (χ2v) is 7.74. The molecule has 174 valence electrons. The van der Waals surface area contributed by atoms with Crippen LogP contribution in [0.1, 0.15) is 11.9 Å². The highest BCUT2D eigenvalue weighted by Crippen LogP contribution is 2.37. The van der Waals surface area contributed by atoms with Crippen LogP contribution in [-0.4, -0.2) is 107 Å². The van der Waals surface area contributed by atoms with Gasteiger partial charge in [0, 0.05) is 12.7 Å². The molecule has 3 aliphatic rings. The fourth-order valence-electron chi connectivity index (χ4n) is 4.03. The first-order valence-corrected chi connectivity index (χ1v) is 10.1. The maximum absolute atomic E-state index is 10.8. The lowest BCUT2D eigenvalue weighted by Crippen LogP contribution is -2.66. The van der Waals surface area contributed by atoms with Gasteiger partial charge in [-0.1, -0.05) is 30.3 Å². The normalized spacial score (nSPS) is 45.8. The Labute approximate surface area is 178 Å². The fourth-order valence-corrected chi connectivity index (χ4v) is 4.03. The Balaban J connectivity index is 1.55. The molecule has 0 aromatic heterocycles. The van der Waals surface area contributed by atoms with Crippen LogP contribution < -0.4 is 0 Å². The van der Waals surface area contributed by atoms with Gasteiger partial charge < -0.3 is 54.0 Å². The molecule has 3 aliphatic heterocycles. The highest BCUT2D eigenvalue weighted by atomic mass is 16.8. The minimum absolute atomic E-state index is 0.130. The van der Waals surface area contributed by atoms with Crippen molar-refractivity contribution in [3.63, 3.8) is 0 Å². The summed E-state index contributed by atoms with van der Waals surface area (Å²) in [6, 6.07) is 9.19. The number of hydrogen-bond donors (Lipinski definition) is 5. The summed E-state index contributed by atoms with van der Waals surface area (Å²) in [5, 5.41) is 50.6. The highest BCUT2D eigenvalue weighted by molar-refractivity contribution is 5.16. The van der Waals surface area contributed by atoms with E-state index in [-0.39, 0.29) is 6.61 Å². The molecule has 3 fully saturated rings. The van der Waals surface area contributed by atoms with Crippen molar-refractivity contribution in [2.75, 3.05) is 20.3 Å². The number of ether oxygens (including phenoxy) is 6. The van der Waals surface area contributed by atoms with Crippen LogP contribution in [0.25, 0.3) is 0 Å². The lowest BCUT2D eigenvalue weighted by Gasteiger charge is -2.49. The van der Waals surface area contributed by atoms with E-state index >= 15 is 0 Å². The van der Waals surface area contributed by atoms with Gasteiger partial charge >= 0.3 is 0 Å². The fraction of sp³-hybridized carbons (Fsp3) is 0.700. The van der Waals surface area contributed by atoms with E-state index in [4.69, 9.17) is 28.4 Å². The maximum atomic E-state index is 10.8. The molecule has 11 atom stereocenters. The van der Waals surface area contributed by atoms with Crippen molar-refractivity contribution in [3.8, 4) is 0 Å². The molecule has 1 aromatic carbocycles. The van der Waals surface area contributed by atoms with Gasteiger partial charge in [0.05, 0.1) is 13.2 Å². The van der Waals surface area contributed by atoms with Crippen LogP contribution in [-0.2, 0) is 28.4 Å². The summed E-state index contributed by atoms with van der Waals surface area (Å²) >= 11 is 0. The van der Waals surface area contributed by atoms with E-state index in [0.29, 0.717) is 0 Å². The number of fused-ring (bicyclic) bond motifs is 1. The Morgan fingerprint density at radius 3 is 2.32 bits per heavy atom. The van der Waals surface area contributed by atoms with Gasteiger partial charge in [-0.25, -0.2) is 0 Å². The number of methoxy groups -OCH3 is 1. The highest BCUT2D eigenvalue weighted by Gasteiger charge is 2.53. The van der Waals surface area contributed by atoms with E-state index in [1.54, 1.807) is 0 Å². The molecule has 11 heteroatoms. The predicted octanol–water partition coefficient (Wildman–Crippen LogP) is -1.98. The summed E-state index contributed by atoms with van der Waals surface area (Å²) in [5.74, 6) is 0. The Hall–Kier alpha value is -1.22. The lowest BCUT2D eigenvalue weighted by atomic mass is 9.96. The van der Waals surface area contributed by atoms with Crippen LogP contribution in [0.5, 0.6) is 0 Å². The van der Waals surface area contributed by atoms with Crippen LogP contribution in [0.4, 0.5) is 0 Å². The molecular formula is C20H28O11. The first kappa shape index (κ1) is 23.0. The summed E-state index contributed by atoms with van der Waals surface area (Å²) in [4.78, 5) is 0. The number of aliphatic hydroxyl groups excluding tert-OH is 5. The van der Waals surface area contributed by atoms with Gasteiger partial charge in [0.15, 0.2) is 18.9 Å². The molecule has 0 radical (unpaired) electrons. The summed E-state index contributed by atoms with van der Waals surface area (Å²) in [5.41, 5.74) is 0.760. The zero-order valence-corrected chi connectivity index (χ0v) is 16.8. The van der Waals surface area contributed by atoms with Crippen LogP contribution >= 0.6 is 0 Å². The van der Waals surface area contributed by atoms with Gasteiger partial charge in [0.2, 0.25) is 0 Å². The summed E-state index contributed by atoms with van der Waals surface area (Å²) in [6.45, 7) is -0.473. The van der Waals surface area contributed by atoms with Gasteiger partial charge in [0.25, 0.3) is 0 Å². The van der Waals surface area contributed by atoms with Crippen LogP contribution in [0.2, 0.25) is 0 Å². The zero-order valence-electron chi connectivity index (χ0n) is 16.8. The van der Waals surface area contributed by atoms with E-state index in [1.807, 2.05) is 30.3 Å². The van der Waals surface area contributed by atoms with Crippen molar-refractivity contribution < 1.29 is 54.0 Å².